The lowest BCUT2D eigenvalue weighted by Gasteiger charge is -2.33. The van der Waals surface area contributed by atoms with E-state index < -0.39 is 11.9 Å². The molecule has 3 aromatic rings. The van der Waals surface area contributed by atoms with E-state index >= 15 is 0 Å². The van der Waals surface area contributed by atoms with Crippen molar-refractivity contribution in [3.8, 4) is 17.2 Å². The zero-order valence-corrected chi connectivity index (χ0v) is 18.9. The Labute approximate surface area is 197 Å². The molecule has 0 spiro atoms. The number of ether oxygens (including phenoxy) is 3. The Morgan fingerprint density at radius 2 is 1.76 bits per heavy atom. The van der Waals surface area contributed by atoms with Gasteiger partial charge in [-0.3, -0.25) is 9.59 Å². The monoisotopic (exact) mass is 464 g/mol. The van der Waals surface area contributed by atoms with Crippen molar-refractivity contribution in [3.05, 3.63) is 78.1 Å². The van der Waals surface area contributed by atoms with Crippen LogP contribution in [0.15, 0.2) is 66.7 Å². The minimum atomic E-state index is -0.706. The van der Waals surface area contributed by atoms with Crippen LogP contribution in [0.1, 0.15) is 19.4 Å². The average Bonchev–Trinajstić information content (AvgIpc) is 2.83. The number of amides is 2. The average molecular weight is 464 g/mol. The maximum absolute atomic E-state index is 14.2. The van der Waals surface area contributed by atoms with Gasteiger partial charge in [-0.1, -0.05) is 18.2 Å². The molecule has 0 aromatic heterocycles. The number of nitrogens with zero attached hydrogens (tertiary/aromatic N) is 1. The van der Waals surface area contributed by atoms with Gasteiger partial charge in [0.2, 0.25) is 0 Å². The standard InChI is InChI=1S/C26H25FN2O5/c1-3-32-20-9-11-21(12-10-20)33-16-25(30)28-19-8-13-24-23(14-19)29(26(31)17(2)34-24)15-18-6-4-5-7-22(18)27/h4-14,17H,3,15-16H2,1-2H3,(H,28,30). The van der Waals surface area contributed by atoms with Crippen molar-refractivity contribution in [2.45, 2.75) is 26.5 Å². The molecule has 1 unspecified atom stereocenters. The van der Waals surface area contributed by atoms with Crippen LogP contribution in [0, 0.1) is 5.82 Å². The first-order chi connectivity index (χ1) is 16.4. The minimum Gasteiger partial charge on any atom is -0.494 e. The molecule has 1 N–H and O–H groups in total. The second-order valence-corrected chi connectivity index (χ2v) is 7.70. The summed E-state index contributed by atoms with van der Waals surface area (Å²) in [6, 6.07) is 18.3. The van der Waals surface area contributed by atoms with Crippen LogP contribution < -0.4 is 24.4 Å². The van der Waals surface area contributed by atoms with E-state index in [1.807, 2.05) is 6.92 Å². The number of nitrogens with one attached hydrogen (secondary N) is 1. The highest BCUT2D eigenvalue weighted by Gasteiger charge is 2.32. The third-order valence-corrected chi connectivity index (χ3v) is 5.24. The second kappa shape index (κ2) is 10.2. The largest absolute Gasteiger partial charge is 0.494 e. The Hall–Kier alpha value is -4.07. The van der Waals surface area contributed by atoms with Crippen molar-refractivity contribution in [2.24, 2.45) is 0 Å². The number of halogens is 1. The Kier molecular flexibility index (Phi) is 6.96. The molecule has 34 heavy (non-hydrogen) atoms. The number of anilines is 2. The van der Waals surface area contributed by atoms with Gasteiger partial charge in [0, 0.05) is 11.3 Å². The van der Waals surface area contributed by atoms with Crippen LogP contribution in [0.4, 0.5) is 15.8 Å². The summed E-state index contributed by atoms with van der Waals surface area (Å²) in [7, 11) is 0. The number of hydrogen-bond donors (Lipinski definition) is 1. The fourth-order valence-electron chi connectivity index (χ4n) is 3.59. The molecule has 1 aliphatic rings. The lowest BCUT2D eigenvalue weighted by atomic mass is 10.1. The molecule has 0 saturated heterocycles. The lowest BCUT2D eigenvalue weighted by molar-refractivity contribution is -0.125. The molecule has 1 heterocycles. The minimum absolute atomic E-state index is 0.0461. The molecule has 0 fully saturated rings. The summed E-state index contributed by atoms with van der Waals surface area (Å²) in [6.45, 7) is 3.96. The molecule has 1 aliphatic heterocycles. The van der Waals surface area contributed by atoms with E-state index in [1.165, 1.54) is 11.0 Å². The van der Waals surface area contributed by atoms with Crippen LogP contribution in [0.3, 0.4) is 0 Å². The quantitative estimate of drug-likeness (QED) is 0.529. The molecular formula is C26H25FN2O5. The summed E-state index contributed by atoms with van der Waals surface area (Å²) in [6.07, 6.45) is -0.706. The maximum atomic E-state index is 14.2. The fourth-order valence-corrected chi connectivity index (χ4v) is 3.59. The highest BCUT2D eigenvalue weighted by atomic mass is 19.1. The van der Waals surface area contributed by atoms with E-state index in [9.17, 15) is 14.0 Å². The smallest absolute Gasteiger partial charge is 0.268 e. The van der Waals surface area contributed by atoms with Gasteiger partial charge >= 0.3 is 0 Å². The molecule has 0 radical (unpaired) electrons. The van der Waals surface area contributed by atoms with Gasteiger partial charge in [-0.15, -0.1) is 0 Å². The number of carbonyl (C=O) groups excluding carboxylic acids is 2. The highest BCUT2D eigenvalue weighted by Crippen LogP contribution is 2.37. The third-order valence-electron chi connectivity index (χ3n) is 5.24. The van der Waals surface area contributed by atoms with E-state index in [4.69, 9.17) is 14.2 Å². The number of fused-ring (bicyclic) bond motifs is 1. The van der Waals surface area contributed by atoms with Crippen molar-refractivity contribution < 1.29 is 28.2 Å². The Morgan fingerprint density at radius 3 is 2.47 bits per heavy atom. The molecule has 0 bridgehead atoms. The summed E-state index contributed by atoms with van der Waals surface area (Å²) in [5, 5.41) is 2.76. The Morgan fingerprint density at radius 1 is 1.06 bits per heavy atom. The van der Waals surface area contributed by atoms with Crippen molar-refractivity contribution in [3.63, 3.8) is 0 Å². The summed E-state index contributed by atoms with van der Waals surface area (Å²) in [4.78, 5) is 26.7. The van der Waals surface area contributed by atoms with Crippen LogP contribution in [-0.4, -0.2) is 31.1 Å². The Balaban J connectivity index is 1.46. The van der Waals surface area contributed by atoms with Crippen LogP contribution in [-0.2, 0) is 16.1 Å². The molecular weight excluding hydrogens is 439 g/mol. The van der Waals surface area contributed by atoms with Gasteiger partial charge < -0.3 is 24.4 Å². The fraction of sp³-hybridized carbons (Fsp3) is 0.231. The highest BCUT2D eigenvalue weighted by molar-refractivity contribution is 6.01. The predicted octanol–water partition coefficient (Wildman–Crippen LogP) is 4.56. The van der Waals surface area contributed by atoms with Gasteiger partial charge in [-0.05, 0) is 62.4 Å². The van der Waals surface area contributed by atoms with Crippen molar-refractivity contribution >= 4 is 23.2 Å². The zero-order valence-electron chi connectivity index (χ0n) is 18.9. The van der Waals surface area contributed by atoms with Gasteiger partial charge in [0.15, 0.2) is 12.7 Å². The van der Waals surface area contributed by atoms with E-state index in [0.29, 0.717) is 35.0 Å². The van der Waals surface area contributed by atoms with Crippen molar-refractivity contribution in [1.29, 1.82) is 0 Å². The molecule has 3 aromatic carbocycles. The summed E-state index contributed by atoms with van der Waals surface area (Å²) in [5.41, 5.74) is 1.30. The number of benzene rings is 3. The molecule has 176 valence electrons. The van der Waals surface area contributed by atoms with Crippen molar-refractivity contribution in [1.82, 2.24) is 0 Å². The van der Waals surface area contributed by atoms with E-state index in [0.717, 1.165) is 5.75 Å². The zero-order chi connectivity index (χ0) is 24.1. The first kappa shape index (κ1) is 23.1. The number of hydrogen-bond acceptors (Lipinski definition) is 5. The first-order valence-corrected chi connectivity index (χ1v) is 11.0. The van der Waals surface area contributed by atoms with E-state index in [1.54, 1.807) is 67.6 Å². The summed E-state index contributed by atoms with van der Waals surface area (Å²) >= 11 is 0. The summed E-state index contributed by atoms with van der Waals surface area (Å²) in [5.74, 6) is 0.676. The lowest BCUT2D eigenvalue weighted by Crippen LogP contribution is -2.44. The van der Waals surface area contributed by atoms with E-state index in [2.05, 4.69) is 5.32 Å². The molecule has 2 amide bonds. The third kappa shape index (κ3) is 5.28. The Bertz CT molecular complexity index is 1180. The topological polar surface area (TPSA) is 77.1 Å². The molecule has 8 heteroatoms. The van der Waals surface area contributed by atoms with Crippen molar-refractivity contribution in [2.75, 3.05) is 23.4 Å². The van der Waals surface area contributed by atoms with Gasteiger partial charge in [0.25, 0.3) is 11.8 Å². The predicted molar refractivity (Wildman–Crippen MR) is 126 cm³/mol. The second-order valence-electron chi connectivity index (χ2n) is 7.70. The number of rotatable bonds is 8. The van der Waals surface area contributed by atoms with Gasteiger partial charge in [-0.25, -0.2) is 4.39 Å². The normalized spacial score (nSPS) is 14.7. The van der Waals surface area contributed by atoms with Crippen LogP contribution in [0.25, 0.3) is 0 Å². The molecule has 7 nitrogen and oxygen atoms in total. The first-order valence-electron chi connectivity index (χ1n) is 11.0. The summed E-state index contributed by atoms with van der Waals surface area (Å²) < 4.78 is 30.9. The van der Waals surface area contributed by atoms with E-state index in [-0.39, 0.29) is 25.0 Å². The molecule has 1 atom stereocenters. The molecule has 0 aliphatic carbocycles. The van der Waals surface area contributed by atoms with Gasteiger partial charge in [-0.2, -0.15) is 0 Å². The maximum Gasteiger partial charge on any atom is 0.268 e. The van der Waals surface area contributed by atoms with Crippen LogP contribution in [0.5, 0.6) is 17.2 Å². The van der Waals surface area contributed by atoms with Crippen LogP contribution >= 0.6 is 0 Å². The number of carbonyl (C=O) groups is 2. The molecule has 0 saturated carbocycles. The van der Waals surface area contributed by atoms with Crippen LogP contribution in [0.2, 0.25) is 0 Å². The SMILES string of the molecule is CCOc1ccc(OCC(=O)Nc2ccc3c(c2)N(Cc2ccccc2F)C(=O)C(C)O3)cc1. The van der Waals surface area contributed by atoms with Gasteiger partial charge in [0.1, 0.15) is 23.1 Å². The molecule has 4 rings (SSSR count). The van der Waals surface area contributed by atoms with Gasteiger partial charge in [0.05, 0.1) is 18.8 Å².